The van der Waals surface area contributed by atoms with Crippen molar-refractivity contribution in [3.05, 3.63) is 35.4 Å². The molecule has 7 nitrogen and oxygen atoms in total. The number of hydrogen-bond acceptors (Lipinski definition) is 5. The topological polar surface area (TPSA) is 87.2 Å². The lowest BCUT2D eigenvalue weighted by molar-refractivity contribution is -0.137. The van der Waals surface area contributed by atoms with Crippen molar-refractivity contribution in [1.29, 1.82) is 0 Å². The Hall–Kier alpha value is -1.33. The lowest BCUT2D eigenvalue weighted by Gasteiger charge is -2.34. The second-order valence-corrected chi connectivity index (χ2v) is 7.91. The first kappa shape index (κ1) is 22.7. The van der Waals surface area contributed by atoms with Crippen molar-refractivity contribution in [3.63, 3.8) is 0 Å². The summed E-state index contributed by atoms with van der Waals surface area (Å²) in [6.45, 7) is 0.868. The van der Waals surface area contributed by atoms with Gasteiger partial charge in [-0.25, -0.2) is 17.2 Å². The van der Waals surface area contributed by atoms with Crippen LogP contribution in [0.1, 0.15) is 5.56 Å². The zero-order chi connectivity index (χ0) is 18.6. The van der Waals surface area contributed by atoms with Crippen LogP contribution in [0.3, 0.4) is 0 Å². The van der Waals surface area contributed by atoms with Crippen LogP contribution in [-0.2, 0) is 26.1 Å². The third-order valence-electron chi connectivity index (χ3n) is 3.80. The Balaban J connectivity index is 0.00000338. The van der Waals surface area contributed by atoms with E-state index in [4.69, 9.17) is 9.84 Å². The lowest BCUT2D eigenvalue weighted by atomic mass is 10.1. The summed E-state index contributed by atoms with van der Waals surface area (Å²) in [6, 6.07) is 3.66. The maximum atomic E-state index is 13.3. The Morgan fingerprint density at radius 2 is 2.08 bits per heavy atom. The Bertz CT molecular complexity index is 735. The van der Waals surface area contributed by atoms with E-state index >= 15 is 0 Å². The fourth-order valence-corrected chi connectivity index (χ4v) is 3.41. The Labute approximate surface area is 157 Å². The van der Waals surface area contributed by atoms with Gasteiger partial charge >= 0.3 is 5.97 Å². The molecule has 0 amide bonds. The van der Waals surface area contributed by atoms with Crippen LogP contribution in [0.2, 0.25) is 0 Å². The normalized spacial score (nSPS) is 18.5. The van der Waals surface area contributed by atoms with Gasteiger partial charge in [-0.05, 0) is 17.7 Å². The van der Waals surface area contributed by atoms with Crippen LogP contribution in [0.5, 0.6) is 0 Å². The highest BCUT2D eigenvalue weighted by molar-refractivity contribution is 7.88. The standard InChI is InChI=1S/C15H20F2N2O5S.ClH/c1-25(22,23)19(10-15(20)21)9-12-8-18(4-5-24-12)7-11-2-3-13(16)14(17)6-11;/h2-3,6,12H,4-5,7-10H2,1H3,(H,20,21);1H. The molecule has 1 heterocycles. The molecule has 1 N–H and O–H groups in total. The van der Waals surface area contributed by atoms with Gasteiger partial charge in [0.25, 0.3) is 0 Å². The molecule has 1 aliphatic heterocycles. The minimum absolute atomic E-state index is 0. The predicted molar refractivity (Wildman–Crippen MR) is 92.7 cm³/mol. The summed E-state index contributed by atoms with van der Waals surface area (Å²) in [5.41, 5.74) is 0.588. The molecule has 1 saturated heterocycles. The molecule has 0 spiro atoms. The number of morpholine rings is 1. The average molecular weight is 415 g/mol. The number of aliphatic carboxylic acids is 1. The molecular formula is C15H21ClF2N2O5S. The van der Waals surface area contributed by atoms with Crippen LogP contribution in [0.25, 0.3) is 0 Å². The number of carbonyl (C=O) groups is 1. The van der Waals surface area contributed by atoms with Crippen molar-refractivity contribution >= 4 is 28.4 Å². The third-order valence-corrected chi connectivity index (χ3v) is 5.02. The number of nitrogens with zero attached hydrogens (tertiary/aromatic N) is 2. The van der Waals surface area contributed by atoms with Gasteiger partial charge in [-0.3, -0.25) is 9.69 Å². The largest absolute Gasteiger partial charge is 0.480 e. The summed E-state index contributed by atoms with van der Waals surface area (Å²) < 4.78 is 56.0. The Morgan fingerprint density at radius 3 is 2.65 bits per heavy atom. The van der Waals surface area contributed by atoms with Crippen molar-refractivity contribution < 1.29 is 31.8 Å². The van der Waals surface area contributed by atoms with E-state index in [-0.39, 0.29) is 19.0 Å². The van der Waals surface area contributed by atoms with Crippen molar-refractivity contribution in [2.24, 2.45) is 0 Å². The third kappa shape index (κ3) is 6.76. The van der Waals surface area contributed by atoms with Crippen LogP contribution in [-0.4, -0.2) is 73.8 Å². The molecule has 148 valence electrons. The molecular weight excluding hydrogens is 394 g/mol. The SMILES string of the molecule is CS(=O)(=O)N(CC(=O)O)CC1CN(Cc2ccc(F)c(F)c2)CCO1.Cl. The van der Waals surface area contributed by atoms with Crippen LogP contribution in [0.15, 0.2) is 18.2 Å². The quantitative estimate of drug-likeness (QED) is 0.714. The van der Waals surface area contributed by atoms with E-state index in [2.05, 4.69) is 0 Å². The molecule has 0 bridgehead atoms. The monoisotopic (exact) mass is 414 g/mol. The van der Waals surface area contributed by atoms with Gasteiger partial charge in [-0.15, -0.1) is 12.4 Å². The van der Waals surface area contributed by atoms with Crippen molar-refractivity contribution in [1.82, 2.24) is 9.21 Å². The molecule has 1 unspecified atom stereocenters. The first-order chi connectivity index (χ1) is 11.6. The second-order valence-electron chi connectivity index (χ2n) is 5.93. The minimum Gasteiger partial charge on any atom is -0.480 e. The molecule has 0 saturated carbocycles. The summed E-state index contributed by atoms with van der Waals surface area (Å²) in [6.07, 6.45) is 0.436. The predicted octanol–water partition coefficient (Wildman–Crippen LogP) is 0.934. The van der Waals surface area contributed by atoms with E-state index in [0.29, 0.717) is 31.8 Å². The van der Waals surface area contributed by atoms with E-state index in [9.17, 15) is 22.0 Å². The number of benzene rings is 1. The number of sulfonamides is 1. The van der Waals surface area contributed by atoms with E-state index in [1.54, 1.807) is 0 Å². The Kier molecular flexibility index (Phi) is 8.35. The van der Waals surface area contributed by atoms with Gasteiger partial charge in [0.1, 0.15) is 6.54 Å². The molecule has 1 aromatic rings. The van der Waals surface area contributed by atoms with E-state index in [1.165, 1.54) is 6.07 Å². The van der Waals surface area contributed by atoms with Crippen molar-refractivity contribution in [2.75, 3.05) is 39.0 Å². The maximum absolute atomic E-state index is 13.3. The molecule has 11 heteroatoms. The lowest BCUT2D eigenvalue weighted by Crippen LogP contribution is -2.49. The van der Waals surface area contributed by atoms with Crippen LogP contribution < -0.4 is 0 Å². The van der Waals surface area contributed by atoms with Gasteiger partial charge < -0.3 is 9.84 Å². The number of carboxylic acids is 1. The average Bonchev–Trinajstić information content (AvgIpc) is 2.49. The summed E-state index contributed by atoms with van der Waals surface area (Å²) in [4.78, 5) is 12.8. The van der Waals surface area contributed by atoms with Crippen LogP contribution in [0, 0.1) is 11.6 Å². The number of carboxylic acid groups (broad SMARTS) is 1. The fourth-order valence-electron chi connectivity index (χ4n) is 2.63. The van der Waals surface area contributed by atoms with Gasteiger partial charge in [-0.2, -0.15) is 4.31 Å². The molecule has 2 rings (SSSR count). The van der Waals surface area contributed by atoms with E-state index < -0.39 is 40.3 Å². The molecule has 0 radical (unpaired) electrons. The highest BCUT2D eigenvalue weighted by Crippen LogP contribution is 2.15. The summed E-state index contributed by atoms with van der Waals surface area (Å²) >= 11 is 0. The zero-order valence-corrected chi connectivity index (χ0v) is 15.7. The van der Waals surface area contributed by atoms with Gasteiger partial charge in [0.05, 0.1) is 19.0 Å². The highest BCUT2D eigenvalue weighted by Gasteiger charge is 2.28. The number of halogens is 3. The number of ether oxygens (including phenoxy) is 1. The van der Waals surface area contributed by atoms with Crippen LogP contribution >= 0.6 is 12.4 Å². The Morgan fingerprint density at radius 1 is 1.38 bits per heavy atom. The number of rotatable bonds is 7. The van der Waals surface area contributed by atoms with Gasteiger partial charge in [0.2, 0.25) is 10.0 Å². The second kappa shape index (κ2) is 9.56. The molecule has 26 heavy (non-hydrogen) atoms. The summed E-state index contributed by atoms with van der Waals surface area (Å²) in [5, 5.41) is 8.85. The van der Waals surface area contributed by atoms with Gasteiger partial charge in [0, 0.05) is 26.2 Å². The smallest absolute Gasteiger partial charge is 0.318 e. The van der Waals surface area contributed by atoms with E-state index in [0.717, 1.165) is 22.7 Å². The molecule has 1 atom stereocenters. The zero-order valence-electron chi connectivity index (χ0n) is 14.1. The molecule has 0 aromatic heterocycles. The van der Waals surface area contributed by atoms with Gasteiger partial charge in [0.15, 0.2) is 11.6 Å². The van der Waals surface area contributed by atoms with Crippen LogP contribution in [0.4, 0.5) is 8.78 Å². The minimum atomic E-state index is -3.68. The first-order valence-corrected chi connectivity index (χ1v) is 9.45. The van der Waals surface area contributed by atoms with E-state index in [1.807, 2.05) is 4.90 Å². The molecule has 1 fully saturated rings. The van der Waals surface area contributed by atoms with Crippen molar-refractivity contribution in [2.45, 2.75) is 12.6 Å². The molecule has 1 aliphatic rings. The molecule has 1 aromatic carbocycles. The fraction of sp³-hybridized carbons (Fsp3) is 0.533. The van der Waals surface area contributed by atoms with Gasteiger partial charge in [-0.1, -0.05) is 6.07 Å². The maximum Gasteiger partial charge on any atom is 0.318 e. The highest BCUT2D eigenvalue weighted by atomic mass is 35.5. The summed E-state index contributed by atoms with van der Waals surface area (Å²) in [7, 11) is -3.68. The molecule has 0 aliphatic carbocycles. The summed E-state index contributed by atoms with van der Waals surface area (Å²) in [5.74, 6) is -3.09. The number of hydrogen-bond donors (Lipinski definition) is 1. The van der Waals surface area contributed by atoms with Crippen molar-refractivity contribution in [3.8, 4) is 0 Å². The first-order valence-electron chi connectivity index (χ1n) is 7.60.